The molecule has 0 aliphatic carbocycles. The second-order valence-corrected chi connectivity index (χ2v) is 3.04. The molecule has 1 rings (SSSR count). The fourth-order valence-electron chi connectivity index (χ4n) is 0.872. The van der Waals surface area contributed by atoms with Crippen molar-refractivity contribution >= 4 is 28.1 Å². The second-order valence-electron chi connectivity index (χ2n) is 2.18. The summed E-state index contributed by atoms with van der Waals surface area (Å²) in [4.78, 5) is 21.3. The van der Waals surface area contributed by atoms with Gasteiger partial charge in [-0.1, -0.05) is 22.0 Å². The second kappa shape index (κ2) is 3.49. The molecule has 0 saturated heterocycles. The topological polar surface area (TPSA) is 60.2 Å². The van der Waals surface area contributed by atoms with E-state index in [-0.39, 0.29) is 5.56 Å². The van der Waals surface area contributed by atoms with E-state index >= 15 is 0 Å². The Balaban J connectivity index is 3.37. The van der Waals surface area contributed by atoms with Gasteiger partial charge in [0.2, 0.25) is 5.91 Å². The van der Waals surface area contributed by atoms with E-state index in [0.717, 1.165) is 0 Å². The number of benzene rings is 1. The number of rotatable bonds is 2. The summed E-state index contributed by atoms with van der Waals surface area (Å²) in [5, 5.41) is 0. The third kappa shape index (κ3) is 1.53. The van der Waals surface area contributed by atoms with Crippen molar-refractivity contribution in [2.75, 3.05) is 0 Å². The van der Waals surface area contributed by atoms with Crippen molar-refractivity contribution in [2.45, 2.75) is 0 Å². The highest BCUT2D eigenvalue weighted by atomic mass is 79.9. The van der Waals surface area contributed by atoms with Gasteiger partial charge in [-0.2, -0.15) is 0 Å². The minimum absolute atomic E-state index is 0.236. The van der Waals surface area contributed by atoms with Gasteiger partial charge in [0.25, 0.3) is 0 Å². The summed E-state index contributed by atoms with van der Waals surface area (Å²) in [6, 6.07) is 4.84. The van der Waals surface area contributed by atoms with Gasteiger partial charge in [-0.15, -0.1) is 0 Å². The summed E-state index contributed by atoms with van der Waals surface area (Å²) in [6.07, 6.45) is 0.601. The smallest absolute Gasteiger partial charge is 0.249 e. The molecule has 0 heterocycles. The summed E-state index contributed by atoms with van der Waals surface area (Å²) in [5.74, 6) is -0.599. The van der Waals surface area contributed by atoms with Crippen LogP contribution in [-0.2, 0) is 0 Å². The number of carbonyl (C=O) groups excluding carboxylic acids is 2. The maximum Gasteiger partial charge on any atom is 0.249 e. The number of halogens is 1. The first-order valence-corrected chi connectivity index (χ1v) is 3.99. The fourth-order valence-corrected chi connectivity index (χ4v) is 1.33. The lowest BCUT2D eigenvalue weighted by Gasteiger charge is -2.00. The first kappa shape index (κ1) is 8.93. The Morgan fingerprint density at radius 2 is 2.17 bits per heavy atom. The molecule has 3 nitrogen and oxygen atoms in total. The zero-order chi connectivity index (χ0) is 9.14. The molecule has 0 spiro atoms. The van der Waals surface area contributed by atoms with Crippen molar-refractivity contribution < 1.29 is 9.59 Å². The standard InChI is InChI=1S/C8H6BrNO2/c9-7-3-1-2-5(8(10)12)6(7)4-11/h1-4H,(H2,10,12). The van der Waals surface area contributed by atoms with E-state index < -0.39 is 5.91 Å². The Labute approximate surface area is 77.7 Å². The number of amides is 1. The summed E-state index contributed by atoms with van der Waals surface area (Å²) >= 11 is 3.14. The first-order valence-electron chi connectivity index (χ1n) is 3.20. The van der Waals surface area contributed by atoms with Crippen molar-refractivity contribution in [2.24, 2.45) is 5.73 Å². The van der Waals surface area contributed by atoms with E-state index in [1.807, 2.05) is 0 Å². The molecule has 0 bridgehead atoms. The van der Waals surface area contributed by atoms with Crippen molar-refractivity contribution in [1.29, 1.82) is 0 Å². The average Bonchev–Trinajstić information content (AvgIpc) is 2.03. The Kier molecular flexibility index (Phi) is 2.60. The highest BCUT2D eigenvalue weighted by Gasteiger charge is 2.09. The maximum atomic E-state index is 10.8. The van der Waals surface area contributed by atoms with E-state index in [9.17, 15) is 9.59 Å². The summed E-state index contributed by atoms with van der Waals surface area (Å²) in [7, 11) is 0. The summed E-state index contributed by atoms with van der Waals surface area (Å²) in [5.41, 5.74) is 5.57. The Bertz CT molecular complexity index is 336. The molecule has 0 atom stereocenters. The number of carbonyl (C=O) groups is 2. The quantitative estimate of drug-likeness (QED) is 0.776. The lowest BCUT2D eigenvalue weighted by Crippen LogP contribution is -2.13. The molecule has 0 fully saturated rings. The van der Waals surface area contributed by atoms with E-state index in [1.165, 1.54) is 6.07 Å². The van der Waals surface area contributed by atoms with Crippen LogP contribution in [0, 0.1) is 0 Å². The molecular formula is C8H6BrNO2. The van der Waals surface area contributed by atoms with E-state index in [4.69, 9.17) is 5.73 Å². The van der Waals surface area contributed by atoms with E-state index in [2.05, 4.69) is 15.9 Å². The predicted molar refractivity (Wildman–Crippen MR) is 48.0 cm³/mol. The van der Waals surface area contributed by atoms with Crippen LogP contribution in [0.15, 0.2) is 22.7 Å². The highest BCUT2D eigenvalue weighted by Crippen LogP contribution is 2.17. The molecule has 0 aliphatic heterocycles. The number of nitrogens with two attached hydrogens (primary N) is 1. The third-order valence-electron chi connectivity index (χ3n) is 1.44. The van der Waals surface area contributed by atoms with Crippen molar-refractivity contribution in [3.8, 4) is 0 Å². The van der Waals surface area contributed by atoms with Gasteiger partial charge >= 0.3 is 0 Å². The van der Waals surface area contributed by atoms with Gasteiger partial charge in [0, 0.05) is 10.0 Å². The van der Waals surface area contributed by atoms with Gasteiger partial charge in [-0.25, -0.2) is 0 Å². The Morgan fingerprint density at radius 1 is 1.50 bits per heavy atom. The van der Waals surface area contributed by atoms with Gasteiger partial charge in [-0.3, -0.25) is 9.59 Å². The van der Waals surface area contributed by atoms with Crippen LogP contribution in [0.3, 0.4) is 0 Å². The zero-order valence-corrected chi connectivity index (χ0v) is 7.67. The number of aldehydes is 1. The molecule has 12 heavy (non-hydrogen) atoms. The molecular weight excluding hydrogens is 222 g/mol. The molecule has 0 aliphatic rings. The maximum absolute atomic E-state index is 10.8. The van der Waals surface area contributed by atoms with Crippen molar-refractivity contribution in [3.63, 3.8) is 0 Å². The SMILES string of the molecule is NC(=O)c1cccc(Br)c1C=O. The summed E-state index contributed by atoms with van der Waals surface area (Å²) < 4.78 is 0.578. The molecule has 0 saturated carbocycles. The minimum atomic E-state index is -0.599. The van der Waals surface area contributed by atoms with Gasteiger partial charge in [0.15, 0.2) is 6.29 Å². The number of hydrogen-bond acceptors (Lipinski definition) is 2. The molecule has 0 unspecified atom stereocenters. The van der Waals surface area contributed by atoms with Crippen LogP contribution in [-0.4, -0.2) is 12.2 Å². The summed E-state index contributed by atoms with van der Waals surface area (Å²) in [6.45, 7) is 0. The lowest BCUT2D eigenvalue weighted by molar-refractivity contribution is 0.0993. The third-order valence-corrected chi connectivity index (χ3v) is 2.13. The monoisotopic (exact) mass is 227 g/mol. The van der Waals surface area contributed by atoms with Gasteiger partial charge in [0.1, 0.15) is 0 Å². The average molecular weight is 228 g/mol. The fraction of sp³-hybridized carbons (Fsp3) is 0. The molecule has 62 valence electrons. The van der Waals surface area contributed by atoms with Crippen molar-refractivity contribution in [1.82, 2.24) is 0 Å². The number of hydrogen-bond donors (Lipinski definition) is 1. The van der Waals surface area contributed by atoms with Crippen LogP contribution in [0.25, 0.3) is 0 Å². The Morgan fingerprint density at radius 3 is 2.58 bits per heavy atom. The van der Waals surface area contributed by atoms with Crippen LogP contribution in [0.2, 0.25) is 0 Å². The minimum Gasteiger partial charge on any atom is -0.366 e. The molecule has 2 N–H and O–H groups in total. The van der Waals surface area contributed by atoms with E-state index in [0.29, 0.717) is 16.3 Å². The predicted octanol–water partition coefficient (Wildman–Crippen LogP) is 1.36. The Hall–Kier alpha value is -1.16. The van der Waals surface area contributed by atoms with Crippen LogP contribution in [0.1, 0.15) is 20.7 Å². The largest absolute Gasteiger partial charge is 0.366 e. The molecule has 1 amide bonds. The van der Waals surface area contributed by atoms with E-state index in [1.54, 1.807) is 12.1 Å². The highest BCUT2D eigenvalue weighted by molar-refractivity contribution is 9.10. The van der Waals surface area contributed by atoms with Gasteiger partial charge < -0.3 is 5.73 Å². The van der Waals surface area contributed by atoms with Crippen LogP contribution >= 0.6 is 15.9 Å². The molecule has 0 radical (unpaired) electrons. The normalized spacial score (nSPS) is 9.42. The zero-order valence-electron chi connectivity index (χ0n) is 6.08. The molecule has 4 heteroatoms. The molecule has 0 aromatic heterocycles. The van der Waals surface area contributed by atoms with Crippen LogP contribution in [0.4, 0.5) is 0 Å². The molecule has 1 aromatic carbocycles. The van der Waals surface area contributed by atoms with Gasteiger partial charge in [-0.05, 0) is 12.1 Å². The number of primary amides is 1. The van der Waals surface area contributed by atoms with Gasteiger partial charge in [0.05, 0.1) is 5.56 Å². The van der Waals surface area contributed by atoms with Crippen LogP contribution < -0.4 is 5.73 Å². The first-order chi connectivity index (χ1) is 5.66. The molecule has 1 aromatic rings. The van der Waals surface area contributed by atoms with Crippen molar-refractivity contribution in [3.05, 3.63) is 33.8 Å². The van der Waals surface area contributed by atoms with Crippen LogP contribution in [0.5, 0.6) is 0 Å². The lowest BCUT2D eigenvalue weighted by atomic mass is 10.1.